The van der Waals surface area contributed by atoms with E-state index in [1.165, 1.54) is 25.2 Å². The third-order valence-electron chi connectivity index (χ3n) is 2.77. The summed E-state index contributed by atoms with van der Waals surface area (Å²) in [5, 5.41) is 3.09. The molecule has 0 unspecified atom stereocenters. The maximum Gasteiger partial charge on any atom is 0.271 e. The Bertz CT molecular complexity index is 391. The lowest BCUT2D eigenvalue weighted by atomic mass is 10.4. The first-order chi connectivity index (χ1) is 8.16. The minimum Gasteiger partial charge on any atom is -0.349 e. The Kier molecular flexibility index (Phi) is 3.91. The molecule has 0 spiro atoms. The van der Waals surface area contributed by atoms with Gasteiger partial charge in [-0.2, -0.15) is 0 Å². The van der Waals surface area contributed by atoms with Crippen molar-refractivity contribution in [3.05, 3.63) is 23.2 Å². The summed E-state index contributed by atoms with van der Waals surface area (Å²) >= 11 is 5.59. The highest BCUT2D eigenvalue weighted by molar-refractivity contribution is 6.29. The van der Waals surface area contributed by atoms with Crippen molar-refractivity contribution in [2.24, 2.45) is 0 Å². The number of carbonyl (C=O) groups is 1. The summed E-state index contributed by atoms with van der Waals surface area (Å²) in [6.07, 6.45) is 5.29. The molecule has 1 aromatic rings. The fourth-order valence-electron chi connectivity index (χ4n) is 1.56. The van der Waals surface area contributed by atoms with Crippen LogP contribution >= 0.6 is 11.6 Å². The van der Waals surface area contributed by atoms with Crippen LogP contribution in [-0.4, -0.2) is 47.0 Å². The van der Waals surface area contributed by atoms with Gasteiger partial charge in [-0.05, 0) is 19.9 Å². The lowest BCUT2D eigenvalue weighted by molar-refractivity contribution is 0.0944. The number of carbonyl (C=O) groups excluding carboxylic acids is 1. The summed E-state index contributed by atoms with van der Waals surface area (Å²) in [4.78, 5) is 21.6. The molecule has 0 atom stereocenters. The van der Waals surface area contributed by atoms with Crippen molar-refractivity contribution < 1.29 is 4.79 Å². The lowest BCUT2D eigenvalue weighted by Crippen LogP contribution is -2.34. The normalized spacial score (nSPS) is 15.0. The number of rotatable bonds is 5. The SMILES string of the molecule is CN(CCNC(=O)c1cnc(Cl)cn1)C1CC1. The standard InChI is InChI=1S/C11H15ClN4O/c1-16(8-2-3-8)5-4-13-11(17)9-6-15-10(12)7-14-9/h6-8H,2-5H2,1H3,(H,13,17). The molecule has 0 saturated heterocycles. The van der Waals surface area contributed by atoms with Crippen LogP contribution in [0.25, 0.3) is 0 Å². The molecule has 1 aliphatic carbocycles. The van der Waals surface area contributed by atoms with Crippen molar-refractivity contribution in [2.75, 3.05) is 20.1 Å². The maximum atomic E-state index is 11.6. The van der Waals surface area contributed by atoms with Gasteiger partial charge in [0.1, 0.15) is 10.8 Å². The van der Waals surface area contributed by atoms with Crippen LogP contribution in [0.2, 0.25) is 5.15 Å². The zero-order valence-corrected chi connectivity index (χ0v) is 10.4. The second-order valence-corrected chi connectivity index (χ2v) is 4.58. The van der Waals surface area contributed by atoms with Crippen LogP contribution in [0.15, 0.2) is 12.4 Å². The number of hydrogen-bond donors (Lipinski definition) is 1. The molecule has 5 nitrogen and oxygen atoms in total. The van der Waals surface area contributed by atoms with E-state index < -0.39 is 0 Å². The highest BCUT2D eigenvalue weighted by atomic mass is 35.5. The number of halogens is 1. The molecule has 1 saturated carbocycles. The molecule has 0 radical (unpaired) electrons. The predicted molar refractivity (Wildman–Crippen MR) is 65.0 cm³/mol. The fraction of sp³-hybridized carbons (Fsp3) is 0.545. The van der Waals surface area contributed by atoms with Crippen LogP contribution in [-0.2, 0) is 0 Å². The molecule has 0 aliphatic heterocycles. The average Bonchev–Trinajstić information content (AvgIpc) is 3.13. The highest BCUT2D eigenvalue weighted by Crippen LogP contribution is 2.24. The van der Waals surface area contributed by atoms with E-state index in [1.54, 1.807) is 0 Å². The number of nitrogens with one attached hydrogen (secondary N) is 1. The van der Waals surface area contributed by atoms with Gasteiger partial charge in [-0.25, -0.2) is 9.97 Å². The van der Waals surface area contributed by atoms with Gasteiger partial charge >= 0.3 is 0 Å². The number of likely N-dealkylation sites (N-methyl/N-ethyl adjacent to an activating group) is 1. The third-order valence-corrected chi connectivity index (χ3v) is 2.97. The zero-order valence-electron chi connectivity index (χ0n) is 9.69. The van der Waals surface area contributed by atoms with Crippen molar-refractivity contribution in [1.29, 1.82) is 0 Å². The van der Waals surface area contributed by atoms with E-state index in [4.69, 9.17) is 11.6 Å². The number of hydrogen-bond acceptors (Lipinski definition) is 4. The first kappa shape index (κ1) is 12.3. The lowest BCUT2D eigenvalue weighted by Gasteiger charge is -2.15. The quantitative estimate of drug-likeness (QED) is 0.850. The molecule has 6 heteroatoms. The molecule has 1 fully saturated rings. The van der Waals surface area contributed by atoms with E-state index in [9.17, 15) is 4.79 Å². The Morgan fingerprint density at radius 2 is 2.29 bits per heavy atom. The summed E-state index contributed by atoms with van der Waals surface area (Å²) in [6, 6.07) is 0.710. The van der Waals surface area contributed by atoms with Crippen molar-refractivity contribution >= 4 is 17.5 Å². The zero-order chi connectivity index (χ0) is 12.3. The molecule has 1 N–H and O–H groups in total. The monoisotopic (exact) mass is 254 g/mol. The van der Waals surface area contributed by atoms with Crippen LogP contribution in [0.4, 0.5) is 0 Å². The predicted octanol–water partition coefficient (Wildman–Crippen LogP) is 0.954. The first-order valence-corrected chi connectivity index (χ1v) is 6.00. The molecule has 1 aromatic heterocycles. The second kappa shape index (κ2) is 5.42. The minimum atomic E-state index is -0.210. The van der Waals surface area contributed by atoms with E-state index in [-0.39, 0.29) is 11.1 Å². The van der Waals surface area contributed by atoms with Gasteiger partial charge in [0.2, 0.25) is 0 Å². The van der Waals surface area contributed by atoms with E-state index in [1.807, 2.05) is 0 Å². The number of nitrogens with zero attached hydrogens (tertiary/aromatic N) is 3. The van der Waals surface area contributed by atoms with Gasteiger partial charge in [0.15, 0.2) is 0 Å². The number of aromatic nitrogens is 2. The molecule has 0 bridgehead atoms. The summed E-state index contributed by atoms with van der Waals surface area (Å²) in [5.74, 6) is -0.210. The summed E-state index contributed by atoms with van der Waals surface area (Å²) in [6.45, 7) is 1.48. The summed E-state index contributed by atoms with van der Waals surface area (Å²) < 4.78 is 0. The van der Waals surface area contributed by atoms with Gasteiger partial charge in [0.05, 0.1) is 12.4 Å². The topological polar surface area (TPSA) is 58.1 Å². The second-order valence-electron chi connectivity index (χ2n) is 4.19. The van der Waals surface area contributed by atoms with Crippen molar-refractivity contribution in [3.63, 3.8) is 0 Å². The van der Waals surface area contributed by atoms with Crippen molar-refractivity contribution in [3.8, 4) is 0 Å². The van der Waals surface area contributed by atoms with Crippen LogP contribution in [0.5, 0.6) is 0 Å². The number of amides is 1. The van der Waals surface area contributed by atoms with Gasteiger partial charge in [0.25, 0.3) is 5.91 Å². The Hall–Kier alpha value is -1.20. The van der Waals surface area contributed by atoms with Gasteiger partial charge in [0, 0.05) is 19.1 Å². The smallest absolute Gasteiger partial charge is 0.271 e. The fourth-order valence-corrected chi connectivity index (χ4v) is 1.66. The van der Waals surface area contributed by atoms with E-state index in [2.05, 4.69) is 27.2 Å². The Morgan fingerprint density at radius 1 is 1.53 bits per heavy atom. The Morgan fingerprint density at radius 3 is 2.88 bits per heavy atom. The van der Waals surface area contributed by atoms with Crippen molar-refractivity contribution in [2.45, 2.75) is 18.9 Å². The summed E-state index contributed by atoms with van der Waals surface area (Å²) in [5.41, 5.74) is 0.295. The first-order valence-electron chi connectivity index (χ1n) is 5.63. The third kappa shape index (κ3) is 3.64. The van der Waals surface area contributed by atoms with Crippen LogP contribution in [0.1, 0.15) is 23.3 Å². The van der Waals surface area contributed by atoms with Crippen molar-refractivity contribution in [1.82, 2.24) is 20.2 Å². The van der Waals surface area contributed by atoms with Gasteiger partial charge in [-0.1, -0.05) is 11.6 Å². The van der Waals surface area contributed by atoms with Crippen LogP contribution in [0.3, 0.4) is 0 Å². The average molecular weight is 255 g/mol. The molecule has 1 heterocycles. The molecular formula is C11H15ClN4O. The van der Waals surface area contributed by atoms with Gasteiger partial charge in [-0.3, -0.25) is 4.79 Å². The largest absolute Gasteiger partial charge is 0.349 e. The van der Waals surface area contributed by atoms with E-state index in [0.29, 0.717) is 18.3 Å². The Labute approximate surface area is 105 Å². The maximum absolute atomic E-state index is 11.6. The highest BCUT2D eigenvalue weighted by Gasteiger charge is 2.25. The minimum absolute atomic E-state index is 0.210. The molecular weight excluding hydrogens is 240 g/mol. The van der Waals surface area contributed by atoms with E-state index >= 15 is 0 Å². The molecule has 92 valence electrons. The van der Waals surface area contributed by atoms with Crippen LogP contribution in [0, 0.1) is 0 Å². The molecule has 1 aliphatic rings. The molecule has 2 rings (SSSR count). The van der Waals surface area contributed by atoms with Gasteiger partial charge in [-0.15, -0.1) is 0 Å². The van der Waals surface area contributed by atoms with E-state index in [0.717, 1.165) is 6.54 Å². The molecule has 17 heavy (non-hydrogen) atoms. The summed E-state index contributed by atoms with van der Waals surface area (Å²) in [7, 11) is 2.08. The molecule has 0 aromatic carbocycles. The van der Waals surface area contributed by atoms with Crippen LogP contribution < -0.4 is 5.32 Å². The molecule has 1 amide bonds. The Balaban J connectivity index is 1.74. The van der Waals surface area contributed by atoms with Gasteiger partial charge < -0.3 is 10.2 Å².